The van der Waals surface area contributed by atoms with Gasteiger partial charge in [-0.05, 0) is 6.92 Å². The molecule has 0 atom stereocenters. The van der Waals surface area contributed by atoms with Crippen molar-refractivity contribution in [1.29, 1.82) is 0 Å². The van der Waals surface area contributed by atoms with Crippen molar-refractivity contribution in [2.45, 2.75) is 13.5 Å². The van der Waals surface area contributed by atoms with Crippen LogP contribution in [0.3, 0.4) is 0 Å². The number of nitrogen functional groups attached to an aromatic ring is 1. The molecular weight excluding hydrogens is 310 g/mol. The first-order chi connectivity index (χ1) is 10.1. The van der Waals surface area contributed by atoms with E-state index >= 15 is 0 Å². The molecule has 2 heterocycles. The van der Waals surface area contributed by atoms with Crippen molar-refractivity contribution >= 4 is 39.5 Å². The summed E-state index contributed by atoms with van der Waals surface area (Å²) in [5.74, 6) is -0.00891. The fraction of sp³-hybridized carbons (Fsp3) is 0.417. The van der Waals surface area contributed by atoms with Crippen LogP contribution in [0.5, 0.6) is 0 Å². The Morgan fingerprint density at radius 1 is 1.48 bits per heavy atom. The molecule has 0 aromatic carbocycles. The number of hydrogen-bond acceptors (Lipinski definition) is 8. The molecule has 0 spiro atoms. The number of anilines is 2. The molecule has 0 aliphatic heterocycles. The quantitative estimate of drug-likeness (QED) is 0.666. The summed E-state index contributed by atoms with van der Waals surface area (Å²) in [6, 6.07) is 0. The Morgan fingerprint density at radius 3 is 2.95 bits per heavy atom. The maximum Gasteiger partial charge on any atom is 0.265 e. The van der Waals surface area contributed by atoms with Crippen LogP contribution in [0.15, 0.2) is 6.20 Å². The van der Waals surface area contributed by atoms with Crippen LogP contribution in [0.1, 0.15) is 19.6 Å². The largest absolute Gasteiger partial charge is 0.383 e. The lowest BCUT2D eigenvalue weighted by atomic mass is 10.4. The van der Waals surface area contributed by atoms with E-state index in [-0.39, 0.29) is 11.7 Å². The van der Waals surface area contributed by atoms with Gasteiger partial charge in [0.2, 0.25) is 0 Å². The van der Waals surface area contributed by atoms with E-state index in [0.29, 0.717) is 29.7 Å². The van der Waals surface area contributed by atoms with Gasteiger partial charge < -0.3 is 21.1 Å². The third-order valence-corrected chi connectivity index (χ3v) is 4.45. The van der Waals surface area contributed by atoms with Gasteiger partial charge in [-0.25, -0.2) is 9.97 Å². The molecule has 0 radical (unpaired) electrons. The minimum absolute atomic E-state index is 0.229. The molecule has 21 heavy (non-hydrogen) atoms. The fourth-order valence-corrected chi connectivity index (χ4v) is 3.10. The molecule has 4 N–H and O–H groups in total. The van der Waals surface area contributed by atoms with Gasteiger partial charge in [-0.15, -0.1) is 11.3 Å². The first-order valence-corrected chi connectivity index (χ1v) is 7.92. The molecule has 0 bridgehead atoms. The van der Waals surface area contributed by atoms with E-state index in [1.165, 1.54) is 11.3 Å². The molecule has 7 nitrogen and oxygen atoms in total. The molecule has 0 unspecified atom stereocenters. The van der Waals surface area contributed by atoms with Gasteiger partial charge in [0.25, 0.3) is 5.91 Å². The average Bonchev–Trinajstić information content (AvgIpc) is 3.03. The zero-order valence-electron chi connectivity index (χ0n) is 11.8. The number of carbonyl (C=O) groups excluding carboxylic acids is 1. The number of nitrogens with two attached hydrogens (primary N) is 1. The van der Waals surface area contributed by atoms with E-state index in [1.54, 1.807) is 24.6 Å². The number of nitrogens with zero attached hydrogens (tertiary/aromatic N) is 2. The van der Waals surface area contributed by atoms with Crippen LogP contribution in [0, 0.1) is 6.92 Å². The van der Waals surface area contributed by atoms with Gasteiger partial charge in [-0.1, -0.05) is 11.3 Å². The zero-order chi connectivity index (χ0) is 15.2. The van der Waals surface area contributed by atoms with E-state index in [2.05, 4.69) is 20.6 Å². The van der Waals surface area contributed by atoms with Crippen molar-refractivity contribution in [3.63, 3.8) is 0 Å². The summed E-state index contributed by atoms with van der Waals surface area (Å²) in [6.45, 7) is 3.54. The summed E-state index contributed by atoms with van der Waals surface area (Å²) < 4.78 is 4.94. The smallest absolute Gasteiger partial charge is 0.265 e. The summed E-state index contributed by atoms with van der Waals surface area (Å²) in [7, 11) is 1.62. The Bertz CT molecular complexity index is 611. The van der Waals surface area contributed by atoms with Gasteiger partial charge in [-0.3, -0.25) is 4.79 Å². The molecule has 2 aromatic heterocycles. The van der Waals surface area contributed by atoms with Crippen molar-refractivity contribution in [2.24, 2.45) is 0 Å². The fourth-order valence-electron chi connectivity index (χ4n) is 1.55. The summed E-state index contributed by atoms with van der Waals surface area (Å²) in [4.78, 5) is 21.9. The van der Waals surface area contributed by atoms with Gasteiger partial charge >= 0.3 is 0 Å². The molecule has 0 saturated carbocycles. The standard InChI is InChI=1S/C12H17N5O2S2/c1-7-5-15-8(20-7)6-16-11(18)9-10(13)17-12(21-9)14-3-4-19-2/h5H,3-4,6,13H2,1-2H3,(H,14,17)(H,16,18). The molecule has 1 amide bonds. The second kappa shape index (κ2) is 7.34. The zero-order valence-corrected chi connectivity index (χ0v) is 13.4. The van der Waals surface area contributed by atoms with E-state index < -0.39 is 0 Å². The van der Waals surface area contributed by atoms with Gasteiger partial charge in [0.05, 0.1) is 13.2 Å². The molecule has 0 aliphatic rings. The molecule has 2 rings (SSSR count). The first-order valence-electron chi connectivity index (χ1n) is 6.28. The molecule has 0 saturated heterocycles. The number of amides is 1. The number of methoxy groups -OCH3 is 1. The lowest BCUT2D eigenvalue weighted by molar-refractivity contribution is 0.0955. The lowest BCUT2D eigenvalue weighted by Crippen LogP contribution is -2.22. The molecule has 0 aliphatic carbocycles. The molecule has 114 valence electrons. The van der Waals surface area contributed by atoms with Crippen molar-refractivity contribution in [1.82, 2.24) is 15.3 Å². The Balaban J connectivity index is 1.92. The van der Waals surface area contributed by atoms with Gasteiger partial charge in [0.1, 0.15) is 15.7 Å². The summed E-state index contributed by atoms with van der Waals surface area (Å²) >= 11 is 2.78. The number of thiazole rings is 2. The highest BCUT2D eigenvalue weighted by Crippen LogP contribution is 2.24. The number of nitrogens with one attached hydrogen (secondary N) is 2. The average molecular weight is 327 g/mol. The van der Waals surface area contributed by atoms with Crippen LogP contribution >= 0.6 is 22.7 Å². The Hall–Kier alpha value is -1.71. The number of aromatic nitrogens is 2. The monoisotopic (exact) mass is 327 g/mol. The molecular formula is C12H17N5O2S2. The van der Waals surface area contributed by atoms with Crippen molar-refractivity contribution < 1.29 is 9.53 Å². The maximum absolute atomic E-state index is 12.1. The second-order valence-corrected chi connectivity index (χ2v) is 6.52. The van der Waals surface area contributed by atoms with Crippen LogP contribution < -0.4 is 16.4 Å². The maximum atomic E-state index is 12.1. The normalized spacial score (nSPS) is 10.6. The number of hydrogen-bond donors (Lipinski definition) is 3. The van der Waals surface area contributed by atoms with E-state index in [4.69, 9.17) is 10.5 Å². The van der Waals surface area contributed by atoms with Gasteiger partial charge in [-0.2, -0.15) is 0 Å². The van der Waals surface area contributed by atoms with Gasteiger partial charge in [0.15, 0.2) is 5.13 Å². The van der Waals surface area contributed by atoms with Crippen molar-refractivity contribution in [3.05, 3.63) is 21.0 Å². The van der Waals surface area contributed by atoms with Crippen molar-refractivity contribution in [3.8, 4) is 0 Å². The predicted molar refractivity (Wildman–Crippen MR) is 84.9 cm³/mol. The Labute approximate surface area is 130 Å². The Kier molecular flexibility index (Phi) is 5.48. The second-order valence-electron chi connectivity index (χ2n) is 4.20. The molecule has 9 heteroatoms. The summed E-state index contributed by atoms with van der Waals surface area (Å²) in [5, 5.41) is 7.32. The Morgan fingerprint density at radius 2 is 2.29 bits per heavy atom. The van der Waals surface area contributed by atoms with Crippen LogP contribution in [0.4, 0.5) is 10.9 Å². The summed E-state index contributed by atoms with van der Waals surface area (Å²) in [5.41, 5.74) is 5.77. The lowest BCUT2D eigenvalue weighted by Gasteiger charge is -2.01. The van der Waals surface area contributed by atoms with Crippen LogP contribution in [-0.2, 0) is 11.3 Å². The minimum Gasteiger partial charge on any atom is -0.383 e. The van der Waals surface area contributed by atoms with E-state index in [9.17, 15) is 4.79 Å². The highest BCUT2D eigenvalue weighted by atomic mass is 32.1. The number of carbonyl (C=O) groups is 1. The number of rotatable bonds is 7. The van der Waals surface area contributed by atoms with E-state index in [1.807, 2.05) is 6.92 Å². The minimum atomic E-state index is -0.238. The SMILES string of the molecule is COCCNc1nc(N)c(C(=O)NCc2ncc(C)s2)s1. The summed E-state index contributed by atoms with van der Waals surface area (Å²) in [6.07, 6.45) is 1.78. The third-order valence-electron chi connectivity index (χ3n) is 2.51. The first kappa shape index (κ1) is 15.7. The van der Waals surface area contributed by atoms with E-state index in [0.717, 1.165) is 9.88 Å². The highest BCUT2D eigenvalue weighted by Gasteiger charge is 2.16. The van der Waals surface area contributed by atoms with Gasteiger partial charge in [0, 0.05) is 24.7 Å². The molecule has 2 aromatic rings. The predicted octanol–water partition coefficient (Wildman–Crippen LogP) is 1.48. The molecule has 0 fully saturated rings. The highest BCUT2D eigenvalue weighted by molar-refractivity contribution is 7.18. The third kappa shape index (κ3) is 4.38. The number of aryl methyl sites for hydroxylation is 1. The van der Waals surface area contributed by atoms with Crippen LogP contribution in [0.25, 0.3) is 0 Å². The van der Waals surface area contributed by atoms with Crippen LogP contribution in [-0.4, -0.2) is 36.1 Å². The van der Waals surface area contributed by atoms with Crippen LogP contribution in [0.2, 0.25) is 0 Å². The topological polar surface area (TPSA) is 102 Å². The number of ether oxygens (including phenoxy) is 1. The van der Waals surface area contributed by atoms with Crippen molar-refractivity contribution in [2.75, 3.05) is 31.3 Å².